The summed E-state index contributed by atoms with van der Waals surface area (Å²) in [5.74, 6) is 2.33. The van der Waals surface area contributed by atoms with Gasteiger partial charge >= 0.3 is 0 Å². The monoisotopic (exact) mass is 389 g/mol. The van der Waals surface area contributed by atoms with Crippen LogP contribution in [0.3, 0.4) is 0 Å². The maximum Gasteiger partial charge on any atom is 0.142 e. The molecule has 0 aliphatic heterocycles. The fraction of sp³-hybridized carbons (Fsp3) is 0.308. The Morgan fingerprint density at radius 1 is 0.759 bits per heavy atom. The van der Waals surface area contributed by atoms with Crippen LogP contribution in [-0.4, -0.2) is 13.2 Å². The average molecular weight is 390 g/mol. The lowest BCUT2D eigenvalue weighted by Crippen LogP contribution is -2.08. The summed E-state index contributed by atoms with van der Waals surface area (Å²) in [6.45, 7) is 6.43. The largest absolute Gasteiger partial charge is 0.493 e. The zero-order valence-electron chi connectivity index (χ0n) is 17.4. The molecule has 0 aromatic heterocycles. The Bertz CT molecular complexity index is 861. The summed E-state index contributed by atoms with van der Waals surface area (Å²) in [6.07, 6.45) is 2.02. The number of hydrogen-bond donors (Lipinski definition) is 1. The fourth-order valence-electron chi connectivity index (χ4n) is 3.08. The molecule has 0 heterocycles. The van der Waals surface area contributed by atoms with E-state index < -0.39 is 0 Å². The van der Waals surface area contributed by atoms with Gasteiger partial charge in [-0.3, -0.25) is 0 Å². The first-order valence-corrected chi connectivity index (χ1v) is 10.4. The first-order chi connectivity index (χ1) is 14.2. The molecule has 1 N–H and O–H groups in total. The summed E-state index contributed by atoms with van der Waals surface area (Å²) in [7, 11) is 0. The predicted octanol–water partition coefficient (Wildman–Crippen LogP) is 6.35. The van der Waals surface area contributed by atoms with E-state index in [1.165, 1.54) is 5.56 Å². The lowest BCUT2D eigenvalue weighted by molar-refractivity contribution is 0.269. The number of hydrogen-bond acceptors (Lipinski definition) is 3. The van der Waals surface area contributed by atoms with Crippen molar-refractivity contribution in [2.45, 2.75) is 33.2 Å². The Labute approximate surface area is 174 Å². The van der Waals surface area contributed by atoms with E-state index in [4.69, 9.17) is 9.47 Å². The van der Waals surface area contributed by atoms with Gasteiger partial charge in [0, 0.05) is 12.1 Å². The van der Waals surface area contributed by atoms with E-state index in [-0.39, 0.29) is 0 Å². The van der Waals surface area contributed by atoms with Crippen LogP contribution in [0.5, 0.6) is 11.5 Å². The van der Waals surface area contributed by atoms with Gasteiger partial charge in [-0.05, 0) is 42.5 Å². The number of benzene rings is 3. The highest BCUT2D eigenvalue weighted by atomic mass is 16.5. The molecular formula is C26H31NO2. The zero-order valence-corrected chi connectivity index (χ0v) is 17.4. The molecular weight excluding hydrogens is 358 g/mol. The summed E-state index contributed by atoms with van der Waals surface area (Å²) in [4.78, 5) is 0. The maximum absolute atomic E-state index is 6.06. The second-order valence-electron chi connectivity index (χ2n) is 7.60. The summed E-state index contributed by atoms with van der Waals surface area (Å²) in [6, 6.07) is 26.9. The van der Waals surface area contributed by atoms with Crippen molar-refractivity contribution >= 4 is 5.69 Å². The Balaban J connectivity index is 1.54. The average Bonchev–Trinajstić information content (AvgIpc) is 2.76. The Hall–Kier alpha value is -2.94. The van der Waals surface area contributed by atoms with E-state index in [1.54, 1.807) is 0 Å². The molecule has 0 radical (unpaired) electrons. The van der Waals surface area contributed by atoms with Crippen molar-refractivity contribution in [3.63, 3.8) is 0 Å². The molecule has 3 rings (SSSR count). The summed E-state index contributed by atoms with van der Waals surface area (Å²) in [5.41, 5.74) is 3.50. The second kappa shape index (κ2) is 11.2. The Kier molecular flexibility index (Phi) is 8.00. The van der Waals surface area contributed by atoms with Crippen LogP contribution < -0.4 is 14.8 Å². The van der Waals surface area contributed by atoms with Crippen molar-refractivity contribution < 1.29 is 9.47 Å². The minimum atomic E-state index is 0.501. The van der Waals surface area contributed by atoms with E-state index in [0.717, 1.165) is 42.2 Å². The molecule has 0 fully saturated rings. The smallest absolute Gasteiger partial charge is 0.142 e. The van der Waals surface area contributed by atoms with Crippen molar-refractivity contribution in [1.29, 1.82) is 0 Å². The van der Waals surface area contributed by atoms with Crippen LogP contribution in [0.25, 0.3) is 0 Å². The molecule has 3 aromatic rings. The lowest BCUT2D eigenvalue weighted by Gasteiger charge is -2.16. The van der Waals surface area contributed by atoms with Gasteiger partial charge in [0.15, 0.2) is 0 Å². The maximum atomic E-state index is 6.06. The summed E-state index contributed by atoms with van der Waals surface area (Å²) in [5, 5.41) is 3.51. The molecule has 0 spiro atoms. The molecule has 0 atom stereocenters. The molecule has 0 saturated carbocycles. The van der Waals surface area contributed by atoms with Crippen LogP contribution in [-0.2, 0) is 13.0 Å². The van der Waals surface area contributed by atoms with Gasteiger partial charge < -0.3 is 14.8 Å². The van der Waals surface area contributed by atoms with Crippen LogP contribution in [0.1, 0.15) is 31.4 Å². The number of nitrogens with one attached hydrogen (secondary N) is 1. The number of ether oxygens (including phenoxy) is 2. The van der Waals surface area contributed by atoms with Crippen molar-refractivity contribution in [2.24, 2.45) is 5.92 Å². The third-order valence-electron chi connectivity index (χ3n) is 4.61. The third-order valence-corrected chi connectivity index (χ3v) is 4.61. The molecule has 152 valence electrons. The number of anilines is 1. The van der Waals surface area contributed by atoms with E-state index in [1.807, 2.05) is 42.5 Å². The van der Waals surface area contributed by atoms with Gasteiger partial charge in [0.1, 0.15) is 11.5 Å². The van der Waals surface area contributed by atoms with E-state index >= 15 is 0 Å². The highest BCUT2D eigenvalue weighted by Gasteiger charge is 2.07. The molecule has 3 aromatic carbocycles. The predicted molar refractivity (Wildman–Crippen MR) is 121 cm³/mol. The van der Waals surface area contributed by atoms with Crippen molar-refractivity contribution in [2.75, 3.05) is 18.5 Å². The molecule has 0 aliphatic rings. The molecule has 0 saturated heterocycles. The first kappa shape index (κ1) is 20.8. The molecule has 3 nitrogen and oxygen atoms in total. The molecule has 0 unspecified atom stereocenters. The van der Waals surface area contributed by atoms with Crippen molar-refractivity contribution in [3.8, 4) is 11.5 Å². The summed E-state index contributed by atoms with van der Waals surface area (Å²) >= 11 is 0. The molecule has 0 bridgehead atoms. The molecule has 3 heteroatoms. The molecule has 0 aliphatic carbocycles. The highest BCUT2D eigenvalue weighted by Crippen LogP contribution is 2.26. The van der Waals surface area contributed by atoms with Gasteiger partial charge in [-0.1, -0.05) is 74.5 Å². The van der Waals surface area contributed by atoms with Crippen molar-refractivity contribution in [1.82, 2.24) is 0 Å². The minimum absolute atomic E-state index is 0.501. The Morgan fingerprint density at radius 3 is 2.24 bits per heavy atom. The number of para-hydroxylation sites is 3. The van der Waals surface area contributed by atoms with Gasteiger partial charge in [0.05, 0.1) is 18.9 Å². The highest BCUT2D eigenvalue weighted by molar-refractivity contribution is 5.56. The normalized spacial score (nSPS) is 10.7. The van der Waals surface area contributed by atoms with Crippen molar-refractivity contribution in [3.05, 3.63) is 90.0 Å². The number of aryl methyl sites for hydroxylation is 1. The minimum Gasteiger partial charge on any atom is -0.493 e. The quantitative estimate of drug-likeness (QED) is 0.388. The lowest BCUT2D eigenvalue weighted by atomic mass is 10.1. The number of rotatable bonds is 11. The van der Waals surface area contributed by atoms with E-state index in [2.05, 4.69) is 55.6 Å². The third kappa shape index (κ3) is 6.86. The molecule has 29 heavy (non-hydrogen) atoms. The molecule has 0 amide bonds. The SMILES string of the molecule is CC(C)COc1ccccc1CNc1ccccc1OCCCc1ccccc1. The first-order valence-electron chi connectivity index (χ1n) is 10.4. The van der Waals surface area contributed by atoms with Crippen LogP contribution in [0.2, 0.25) is 0 Å². The topological polar surface area (TPSA) is 30.5 Å². The summed E-state index contributed by atoms with van der Waals surface area (Å²) < 4.78 is 12.0. The van der Waals surface area contributed by atoms with Crippen LogP contribution in [0, 0.1) is 5.92 Å². The van der Waals surface area contributed by atoms with Gasteiger partial charge in [-0.25, -0.2) is 0 Å². The van der Waals surface area contributed by atoms with Gasteiger partial charge in [0.2, 0.25) is 0 Å². The standard InChI is InChI=1S/C26H31NO2/c1-21(2)20-29-25-16-8-6-14-23(25)19-27-24-15-7-9-17-26(24)28-18-10-13-22-11-4-3-5-12-22/h3-9,11-12,14-17,21,27H,10,13,18-20H2,1-2H3. The van der Waals surface area contributed by atoms with Gasteiger partial charge in [-0.2, -0.15) is 0 Å². The second-order valence-corrected chi connectivity index (χ2v) is 7.60. The van der Waals surface area contributed by atoms with Crippen LogP contribution in [0.4, 0.5) is 5.69 Å². The van der Waals surface area contributed by atoms with Crippen LogP contribution >= 0.6 is 0 Å². The van der Waals surface area contributed by atoms with Gasteiger partial charge in [0.25, 0.3) is 0 Å². The fourth-order valence-corrected chi connectivity index (χ4v) is 3.08. The Morgan fingerprint density at radius 2 is 1.45 bits per heavy atom. The van der Waals surface area contributed by atoms with Gasteiger partial charge in [-0.15, -0.1) is 0 Å². The van der Waals surface area contributed by atoms with Crippen LogP contribution in [0.15, 0.2) is 78.9 Å². The zero-order chi connectivity index (χ0) is 20.3. The van der Waals surface area contributed by atoms with E-state index in [0.29, 0.717) is 19.1 Å². The van der Waals surface area contributed by atoms with E-state index in [9.17, 15) is 0 Å².